The van der Waals surface area contributed by atoms with Gasteiger partial charge in [0.15, 0.2) is 0 Å². The number of halogens is 1. The van der Waals surface area contributed by atoms with E-state index in [-0.39, 0.29) is 11.4 Å². The first-order valence-corrected chi connectivity index (χ1v) is 10.3. The molecule has 2 aliphatic heterocycles. The van der Waals surface area contributed by atoms with E-state index in [4.69, 9.17) is 9.72 Å². The van der Waals surface area contributed by atoms with Crippen molar-refractivity contribution in [2.24, 2.45) is 0 Å². The summed E-state index contributed by atoms with van der Waals surface area (Å²) in [5.41, 5.74) is 1.81. The number of H-pyrrole nitrogens is 1. The highest BCUT2D eigenvalue weighted by molar-refractivity contribution is 5.30. The van der Waals surface area contributed by atoms with Gasteiger partial charge in [0.2, 0.25) is 5.95 Å². The van der Waals surface area contributed by atoms with Crippen LogP contribution < -0.4 is 10.5 Å². The Morgan fingerprint density at radius 2 is 1.72 bits per heavy atom. The maximum atomic E-state index is 13.1. The van der Waals surface area contributed by atoms with Crippen LogP contribution in [0.2, 0.25) is 0 Å². The number of hydrogen-bond donors (Lipinski definition) is 1. The molecule has 2 aliphatic rings. The number of aromatic amines is 1. The summed E-state index contributed by atoms with van der Waals surface area (Å²) in [6, 6.07) is 8.29. The van der Waals surface area contributed by atoms with Crippen LogP contribution in [0.1, 0.15) is 17.7 Å². The van der Waals surface area contributed by atoms with Crippen LogP contribution in [-0.4, -0.2) is 72.3 Å². The van der Waals surface area contributed by atoms with Crippen LogP contribution in [0.5, 0.6) is 0 Å². The number of nitrogens with one attached hydrogen (secondary N) is 1. The Labute approximate surface area is 170 Å². The van der Waals surface area contributed by atoms with Gasteiger partial charge in [-0.2, -0.15) is 0 Å². The number of anilines is 1. The lowest BCUT2D eigenvalue weighted by Crippen LogP contribution is -2.37. The van der Waals surface area contributed by atoms with Crippen molar-refractivity contribution in [2.45, 2.75) is 19.5 Å². The normalized spacial score (nSPS) is 19.3. The second-order valence-corrected chi connectivity index (χ2v) is 7.69. The van der Waals surface area contributed by atoms with Crippen LogP contribution in [0.15, 0.2) is 35.1 Å². The van der Waals surface area contributed by atoms with Crippen molar-refractivity contribution in [3.63, 3.8) is 0 Å². The van der Waals surface area contributed by atoms with E-state index in [1.807, 2.05) is 12.1 Å². The van der Waals surface area contributed by atoms with E-state index in [2.05, 4.69) is 19.7 Å². The van der Waals surface area contributed by atoms with Crippen molar-refractivity contribution in [3.05, 3.63) is 57.8 Å². The van der Waals surface area contributed by atoms with Gasteiger partial charge in [-0.15, -0.1) is 0 Å². The second-order valence-electron chi connectivity index (χ2n) is 7.69. The lowest BCUT2D eigenvalue weighted by Gasteiger charge is -2.27. The zero-order valence-corrected chi connectivity index (χ0v) is 16.6. The molecule has 1 N–H and O–H groups in total. The molecule has 29 heavy (non-hydrogen) atoms. The number of benzene rings is 1. The van der Waals surface area contributed by atoms with Crippen molar-refractivity contribution >= 4 is 5.95 Å². The van der Waals surface area contributed by atoms with Crippen molar-refractivity contribution < 1.29 is 9.13 Å². The van der Waals surface area contributed by atoms with Crippen LogP contribution in [0, 0.1) is 5.82 Å². The van der Waals surface area contributed by atoms with Gasteiger partial charge in [-0.3, -0.25) is 19.6 Å². The molecular formula is C21H28FN5O2. The van der Waals surface area contributed by atoms with Gasteiger partial charge in [0, 0.05) is 58.4 Å². The third kappa shape index (κ3) is 5.62. The molecule has 7 nitrogen and oxygen atoms in total. The smallest absolute Gasteiger partial charge is 0.252 e. The number of hydrogen-bond acceptors (Lipinski definition) is 6. The maximum absolute atomic E-state index is 13.1. The molecule has 8 heteroatoms. The van der Waals surface area contributed by atoms with Crippen molar-refractivity contribution in [1.29, 1.82) is 0 Å². The van der Waals surface area contributed by atoms with Crippen molar-refractivity contribution in [3.8, 4) is 0 Å². The Balaban J connectivity index is 1.39. The highest BCUT2D eigenvalue weighted by Gasteiger charge is 2.18. The van der Waals surface area contributed by atoms with Gasteiger partial charge in [-0.25, -0.2) is 9.37 Å². The first-order chi connectivity index (χ1) is 14.2. The number of nitrogens with zero attached hydrogens (tertiary/aromatic N) is 4. The first-order valence-electron chi connectivity index (χ1n) is 10.3. The van der Waals surface area contributed by atoms with E-state index in [9.17, 15) is 9.18 Å². The number of morpholine rings is 1. The van der Waals surface area contributed by atoms with Gasteiger partial charge in [-0.05, 0) is 24.1 Å². The molecule has 2 fully saturated rings. The SMILES string of the molecule is O=c1cc(CN2CCOCC2)nc(N2CCCN(Cc3ccc(F)cc3)CC2)[nH]1. The largest absolute Gasteiger partial charge is 0.379 e. The zero-order valence-electron chi connectivity index (χ0n) is 16.6. The van der Waals surface area contributed by atoms with Crippen LogP contribution in [0.3, 0.4) is 0 Å². The van der Waals surface area contributed by atoms with E-state index in [0.717, 1.165) is 76.7 Å². The monoisotopic (exact) mass is 401 g/mol. The molecule has 3 heterocycles. The molecule has 1 aromatic heterocycles. The molecule has 0 unspecified atom stereocenters. The predicted molar refractivity (Wildman–Crippen MR) is 109 cm³/mol. The van der Waals surface area contributed by atoms with Crippen LogP contribution >= 0.6 is 0 Å². The summed E-state index contributed by atoms with van der Waals surface area (Å²) in [6.07, 6.45) is 0.985. The average Bonchev–Trinajstić information content (AvgIpc) is 2.96. The van der Waals surface area contributed by atoms with Crippen molar-refractivity contribution in [1.82, 2.24) is 19.8 Å². The minimum atomic E-state index is -0.206. The molecule has 0 bridgehead atoms. The van der Waals surface area contributed by atoms with Gasteiger partial charge >= 0.3 is 0 Å². The summed E-state index contributed by atoms with van der Waals surface area (Å²) in [5, 5.41) is 0. The van der Waals surface area contributed by atoms with Gasteiger partial charge < -0.3 is 9.64 Å². The Bertz CT molecular complexity index is 851. The third-order valence-corrected chi connectivity index (χ3v) is 5.48. The fourth-order valence-electron chi connectivity index (χ4n) is 3.90. The van der Waals surface area contributed by atoms with Gasteiger partial charge in [0.25, 0.3) is 5.56 Å². The number of ether oxygens (including phenoxy) is 1. The summed E-state index contributed by atoms with van der Waals surface area (Å²) in [6.45, 7) is 8.14. The first kappa shape index (κ1) is 20.0. The molecule has 0 amide bonds. The van der Waals surface area contributed by atoms with E-state index < -0.39 is 0 Å². The van der Waals surface area contributed by atoms with Crippen LogP contribution in [-0.2, 0) is 17.8 Å². The third-order valence-electron chi connectivity index (χ3n) is 5.48. The number of rotatable bonds is 5. The molecule has 0 spiro atoms. The summed E-state index contributed by atoms with van der Waals surface area (Å²) in [5.74, 6) is 0.451. The maximum Gasteiger partial charge on any atom is 0.252 e. The fourth-order valence-corrected chi connectivity index (χ4v) is 3.90. The van der Waals surface area contributed by atoms with Crippen LogP contribution in [0.4, 0.5) is 10.3 Å². The van der Waals surface area contributed by atoms with Gasteiger partial charge in [0.1, 0.15) is 5.82 Å². The van der Waals surface area contributed by atoms with E-state index in [1.165, 1.54) is 12.1 Å². The molecule has 2 saturated heterocycles. The fraction of sp³-hybridized carbons (Fsp3) is 0.524. The Morgan fingerprint density at radius 3 is 2.52 bits per heavy atom. The topological polar surface area (TPSA) is 64.7 Å². The highest BCUT2D eigenvalue weighted by atomic mass is 19.1. The summed E-state index contributed by atoms with van der Waals surface area (Å²) in [4.78, 5) is 26.6. The molecule has 0 atom stereocenters. The molecule has 4 rings (SSSR count). The Hall–Kier alpha value is -2.29. The highest BCUT2D eigenvalue weighted by Crippen LogP contribution is 2.14. The predicted octanol–water partition coefficient (Wildman–Crippen LogP) is 1.45. The molecule has 0 saturated carbocycles. The standard InChI is InChI=1S/C21H28FN5O2/c22-18-4-2-17(3-5-18)15-25-6-1-7-27(9-8-25)21-23-19(14-20(28)24-21)16-26-10-12-29-13-11-26/h2-5,14H,1,6-13,15-16H2,(H,23,24,28). The lowest BCUT2D eigenvalue weighted by atomic mass is 10.2. The van der Waals surface area contributed by atoms with E-state index in [0.29, 0.717) is 12.5 Å². The molecule has 156 valence electrons. The molecule has 0 aliphatic carbocycles. The minimum Gasteiger partial charge on any atom is -0.379 e. The van der Waals surface area contributed by atoms with Crippen LogP contribution in [0.25, 0.3) is 0 Å². The molecule has 1 aromatic carbocycles. The summed E-state index contributed by atoms with van der Waals surface area (Å²) >= 11 is 0. The van der Waals surface area contributed by atoms with Gasteiger partial charge in [0.05, 0.1) is 18.9 Å². The molecular weight excluding hydrogens is 373 g/mol. The number of aromatic nitrogens is 2. The summed E-state index contributed by atoms with van der Waals surface area (Å²) in [7, 11) is 0. The molecule has 2 aromatic rings. The van der Waals surface area contributed by atoms with E-state index >= 15 is 0 Å². The quantitative estimate of drug-likeness (QED) is 0.818. The minimum absolute atomic E-state index is 0.106. The second kappa shape index (κ2) is 9.47. The Morgan fingerprint density at radius 1 is 0.966 bits per heavy atom. The summed E-state index contributed by atoms with van der Waals surface area (Å²) < 4.78 is 18.5. The zero-order chi connectivity index (χ0) is 20.1. The average molecular weight is 401 g/mol. The van der Waals surface area contributed by atoms with E-state index in [1.54, 1.807) is 6.07 Å². The lowest BCUT2D eigenvalue weighted by molar-refractivity contribution is 0.0336. The molecule has 0 radical (unpaired) electrons. The Kier molecular flexibility index (Phi) is 6.53. The van der Waals surface area contributed by atoms with Gasteiger partial charge in [-0.1, -0.05) is 12.1 Å². The van der Waals surface area contributed by atoms with Crippen molar-refractivity contribution in [2.75, 3.05) is 57.4 Å².